The quantitative estimate of drug-likeness (QED) is 0.229. The van der Waals surface area contributed by atoms with Gasteiger partial charge >= 0.3 is 0 Å². The summed E-state index contributed by atoms with van der Waals surface area (Å²) >= 11 is 1.56. The van der Waals surface area contributed by atoms with Gasteiger partial charge in [0.1, 0.15) is 12.2 Å². The van der Waals surface area contributed by atoms with Crippen molar-refractivity contribution in [1.29, 1.82) is 0 Å². The maximum Gasteiger partial charge on any atom is 0.191 e. The average Bonchev–Trinajstić information content (AvgIpc) is 3.28. The molecule has 13 heteroatoms. The molecule has 2 aromatic heterocycles. The monoisotopic (exact) mass is 590 g/mol. The summed E-state index contributed by atoms with van der Waals surface area (Å²) < 4.78 is 48.2. The molecule has 0 amide bonds. The normalized spacial score (nSPS) is 28.3. The van der Waals surface area contributed by atoms with Gasteiger partial charge in [0.2, 0.25) is 0 Å². The van der Waals surface area contributed by atoms with Crippen LogP contribution in [-0.4, -0.2) is 79.2 Å². The number of aliphatic hydroxyl groups is 1. The molecule has 1 saturated heterocycles. The third kappa shape index (κ3) is 5.42. The van der Waals surface area contributed by atoms with Crippen LogP contribution in [0.3, 0.4) is 0 Å². The summed E-state index contributed by atoms with van der Waals surface area (Å²) in [5, 5.41) is 22.5. The molecule has 0 bridgehead atoms. The van der Waals surface area contributed by atoms with Crippen molar-refractivity contribution in [1.82, 2.24) is 25.0 Å². The van der Waals surface area contributed by atoms with E-state index >= 15 is 0 Å². The summed E-state index contributed by atoms with van der Waals surface area (Å²) in [4.78, 5) is 9.64. The van der Waals surface area contributed by atoms with Crippen LogP contribution in [-0.2, 0) is 14.2 Å². The lowest BCUT2D eigenvalue weighted by molar-refractivity contribution is -0.199. The smallest absolute Gasteiger partial charge is 0.191 e. The van der Waals surface area contributed by atoms with Gasteiger partial charge in [0, 0.05) is 24.1 Å². The fourth-order valence-electron chi connectivity index (χ4n) is 5.97. The lowest BCUT2D eigenvalue weighted by Gasteiger charge is -2.28. The van der Waals surface area contributed by atoms with Crippen molar-refractivity contribution in [2.45, 2.75) is 100 Å². The van der Waals surface area contributed by atoms with Gasteiger partial charge in [-0.05, 0) is 43.4 Å². The highest BCUT2D eigenvalue weighted by molar-refractivity contribution is 7.99. The molecule has 6 rings (SSSR count). The van der Waals surface area contributed by atoms with Crippen LogP contribution in [0.2, 0.25) is 0 Å². The number of ether oxygens (including phenoxy) is 3. The zero-order valence-corrected chi connectivity index (χ0v) is 24.2. The summed E-state index contributed by atoms with van der Waals surface area (Å²) in [5.74, 6) is -0.936. The zero-order chi connectivity index (χ0) is 28.7. The Labute approximate surface area is 241 Å². The Bertz CT molecular complexity index is 1390. The van der Waals surface area contributed by atoms with Gasteiger partial charge in [0.05, 0.1) is 25.4 Å². The van der Waals surface area contributed by atoms with Crippen molar-refractivity contribution in [3.05, 3.63) is 35.4 Å². The molecular formula is C28H36F2N6O4S. The molecule has 10 nitrogen and oxygen atoms in total. The molecule has 0 radical (unpaired) electrons. The summed E-state index contributed by atoms with van der Waals surface area (Å²) in [6.07, 6.45) is 2.80. The van der Waals surface area contributed by atoms with Crippen molar-refractivity contribution in [3.63, 3.8) is 0 Å². The lowest BCUT2D eigenvalue weighted by atomic mass is 10.1. The number of hydrogen-bond donors (Lipinski definition) is 2. The molecule has 3 fully saturated rings. The maximum absolute atomic E-state index is 13.9. The second-order valence-electron chi connectivity index (χ2n) is 10.9. The number of halogens is 2. The number of thioether (sulfide) groups is 1. The molecule has 3 aliphatic rings. The fraction of sp³-hybridized carbons (Fsp3) is 0.643. The molecular weight excluding hydrogens is 554 g/mol. The molecule has 41 heavy (non-hydrogen) atoms. The van der Waals surface area contributed by atoms with Crippen molar-refractivity contribution in [2.75, 3.05) is 24.3 Å². The number of hydrogen-bond acceptors (Lipinski definition) is 10. The van der Waals surface area contributed by atoms with Crippen LogP contribution >= 0.6 is 11.8 Å². The summed E-state index contributed by atoms with van der Waals surface area (Å²) in [6.45, 7) is 6.32. The van der Waals surface area contributed by atoms with E-state index in [2.05, 4.69) is 22.6 Å². The third-order valence-electron chi connectivity index (χ3n) is 8.28. The number of fused-ring (bicyclic) bond motifs is 2. The van der Waals surface area contributed by atoms with Gasteiger partial charge in [-0.15, -0.1) is 5.10 Å². The summed E-state index contributed by atoms with van der Waals surface area (Å²) in [6, 6.07) is 3.82. The van der Waals surface area contributed by atoms with Crippen molar-refractivity contribution in [2.24, 2.45) is 0 Å². The van der Waals surface area contributed by atoms with Crippen molar-refractivity contribution >= 4 is 28.7 Å². The standard InChI is InChI=1S/C28H36F2N6O4S/c1-4-11-41-27-32-25(31-19-13-16(19)15-7-8-17(29)18(30)12-15)22-26(33-27)36(35-34-22)20-14-21(38-10-9-37)24-23(20)39-28(5-2,6-3)40-24/h7-8,12,16,19-21,23-24,37H,4-6,9-11,13-14H2,1-3H3,(H,31,32,33)/t16-,19+,20+,21-,23-,24+/m0/s1. The molecule has 1 aliphatic heterocycles. The number of aliphatic hydroxyl groups excluding tert-OH is 1. The number of aromatic nitrogens is 5. The van der Waals surface area contributed by atoms with Crippen LogP contribution in [0.4, 0.5) is 14.6 Å². The minimum atomic E-state index is -0.851. The highest BCUT2D eigenvalue weighted by atomic mass is 32.2. The van der Waals surface area contributed by atoms with Gasteiger partial charge in [0.25, 0.3) is 0 Å². The predicted octanol–water partition coefficient (Wildman–Crippen LogP) is 4.59. The number of nitrogens with zero attached hydrogens (tertiary/aromatic N) is 5. The Morgan fingerprint density at radius 1 is 1.12 bits per heavy atom. The molecule has 2 saturated carbocycles. The highest BCUT2D eigenvalue weighted by Gasteiger charge is 2.57. The van der Waals surface area contributed by atoms with Crippen LogP contribution in [0.5, 0.6) is 0 Å². The predicted molar refractivity (Wildman–Crippen MR) is 149 cm³/mol. The van der Waals surface area contributed by atoms with Crippen LogP contribution in [0.25, 0.3) is 11.2 Å². The molecule has 2 aliphatic carbocycles. The molecule has 3 heterocycles. The van der Waals surface area contributed by atoms with E-state index in [1.54, 1.807) is 17.8 Å². The molecule has 0 spiro atoms. The van der Waals surface area contributed by atoms with Gasteiger partial charge in [0.15, 0.2) is 39.6 Å². The van der Waals surface area contributed by atoms with E-state index in [9.17, 15) is 13.9 Å². The first-order valence-corrected chi connectivity index (χ1v) is 15.4. The van der Waals surface area contributed by atoms with Crippen molar-refractivity contribution in [3.8, 4) is 0 Å². The van der Waals surface area contributed by atoms with Crippen LogP contribution < -0.4 is 5.32 Å². The van der Waals surface area contributed by atoms with Gasteiger partial charge < -0.3 is 24.6 Å². The average molecular weight is 591 g/mol. The minimum absolute atomic E-state index is 0.000509. The minimum Gasteiger partial charge on any atom is -0.394 e. The zero-order valence-electron chi connectivity index (χ0n) is 23.4. The molecule has 2 N–H and O–H groups in total. The Morgan fingerprint density at radius 3 is 2.66 bits per heavy atom. The van der Waals surface area contributed by atoms with Crippen LogP contribution in [0.1, 0.15) is 70.4 Å². The first-order valence-electron chi connectivity index (χ1n) is 14.5. The number of nitrogens with one attached hydrogen (secondary N) is 1. The van der Waals surface area contributed by atoms with Crippen LogP contribution in [0.15, 0.2) is 23.4 Å². The van der Waals surface area contributed by atoms with Gasteiger partial charge in [-0.1, -0.05) is 43.8 Å². The molecule has 222 valence electrons. The molecule has 6 atom stereocenters. The third-order valence-corrected chi connectivity index (χ3v) is 9.34. The fourth-order valence-corrected chi connectivity index (χ4v) is 6.67. The Morgan fingerprint density at radius 2 is 1.93 bits per heavy atom. The molecule has 0 unspecified atom stereocenters. The summed E-state index contributed by atoms with van der Waals surface area (Å²) in [5.41, 5.74) is 1.87. The van der Waals surface area contributed by atoms with E-state index in [4.69, 9.17) is 24.2 Å². The van der Waals surface area contributed by atoms with E-state index in [0.717, 1.165) is 24.2 Å². The SMILES string of the molecule is CCCSc1nc(N[C@@H]2C[C@H]2c2ccc(F)c(F)c2)c2nnn([C@@H]3C[C@H](OCCO)[C@H]4OC(CC)(CC)O[C@H]43)c2n1. The van der Waals surface area contributed by atoms with Crippen molar-refractivity contribution < 1.29 is 28.1 Å². The van der Waals surface area contributed by atoms with E-state index < -0.39 is 17.4 Å². The van der Waals surface area contributed by atoms with E-state index in [0.29, 0.717) is 41.4 Å². The first-order chi connectivity index (χ1) is 19.9. The highest BCUT2D eigenvalue weighted by Crippen LogP contribution is 2.48. The molecule has 1 aromatic carbocycles. The Kier molecular flexibility index (Phi) is 8.16. The van der Waals surface area contributed by atoms with Gasteiger partial charge in [-0.25, -0.2) is 23.4 Å². The van der Waals surface area contributed by atoms with Gasteiger partial charge in [-0.2, -0.15) is 0 Å². The largest absolute Gasteiger partial charge is 0.394 e. The molecule has 3 aromatic rings. The van der Waals surface area contributed by atoms with E-state index in [-0.39, 0.29) is 49.5 Å². The second-order valence-corrected chi connectivity index (χ2v) is 12.0. The Hall–Kier alpha value is -2.45. The second kappa shape index (κ2) is 11.7. The number of rotatable bonds is 12. The van der Waals surface area contributed by atoms with E-state index in [1.807, 2.05) is 18.5 Å². The van der Waals surface area contributed by atoms with Gasteiger partial charge in [-0.3, -0.25) is 0 Å². The number of benzene rings is 1. The maximum atomic E-state index is 13.9. The first kappa shape index (κ1) is 28.7. The topological polar surface area (TPSA) is 116 Å². The van der Waals surface area contributed by atoms with Crippen LogP contribution in [0, 0.1) is 11.6 Å². The lowest BCUT2D eigenvalue weighted by Crippen LogP contribution is -2.34. The number of anilines is 1. The van der Waals surface area contributed by atoms with E-state index in [1.165, 1.54) is 12.1 Å². The Balaban J connectivity index is 1.32. The summed E-state index contributed by atoms with van der Waals surface area (Å²) in [7, 11) is 0.